The molecular formula is C18H15N5O5. The van der Waals surface area contributed by atoms with Crippen LogP contribution in [0.2, 0.25) is 0 Å². The number of rotatable bonds is 4. The van der Waals surface area contributed by atoms with Gasteiger partial charge < -0.3 is 5.32 Å². The van der Waals surface area contributed by atoms with Crippen LogP contribution in [0.3, 0.4) is 0 Å². The van der Waals surface area contributed by atoms with Crippen molar-refractivity contribution in [3.05, 3.63) is 79.1 Å². The normalized spacial score (nSPS) is 11.1. The van der Waals surface area contributed by atoms with Gasteiger partial charge in [0.15, 0.2) is 0 Å². The summed E-state index contributed by atoms with van der Waals surface area (Å²) in [6.45, 7) is 0. The standard InChI is InChI=1S/C18H15N5O5/c1-21-16-14(17(25)22(2)18(21)26)9-12(10-19-16)20-15(24)8-5-11-3-6-13(7-4-11)23(27)28/h3-10H,1-2H3,(H,20,24)/b8-5+. The second-order valence-electron chi connectivity index (χ2n) is 5.97. The maximum Gasteiger partial charge on any atom is 0.332 e. The summed E-state index contributed by atoms with van der Waals surface area (Å²) in [4.78, 5) is 50.5. The minimum atomic E-state index is -0.511. The number of anilines is 1. The quantitative estimate of drug-likeness (QED) is 0.411. The zero-order chi connectivity index (χ0) is 20.4. The summed E-state index contributed by atoms with van der Waals surface area (Å²) < 4.78 is 2.21. The number of nitrogens with one attached hydrogen (secondary N) is 1. The third-order valence-corrected chi connectivity index (χ3v) is 4.09. The molecule has 0 aliphatic carbocycles. The second-order valence-corrected chi connectivity index (χ2v) is 5.97. The Kier molecular flexibility index (Phi) is 4.86. The number of carbonyl (C=O) groups is 1. The van der Waals surface area contributed by atoms with Gasteiger partial charge in [0, 0.05) is 32.3 Å². The number of aromatic nitrogens is 3. The zero-order valence-electron chi connectivity index (χ0n) is 14.9. The number of fused-ring (bicyclic) bond motifs is 1. The van der Waals surface area contributed by atoms with E-state index < -0.39 is 22.1 Å². The van der Waals surface area contributed by atoms with Gasteiger partial charge in [0.1, 0.15) is 5.65 Å². The SMILES string of the molecule is Cn1c(=O)c2cc(NC(=O)/C=C/c3ccc([N+](=O)[O-])cc3)cnc2n(C)c1=O. The van der Waals surface area contributed by atoms with E-state index in [4.69, 9.17) is 0 Å². The number of pyridine rings is 1. The zero-order valence-corrected chi connectivity index (χ0v) is 14.9. The fourth-order valence-corrected chi connectivity index (χ4v) is 2.60. The minimum absolute atomic E-state index is 0.0418. The average Bonchev–Trinajstić information content (AvgIpc) is 2.69. The molecule has 2 heterocycles. The molecule has 2 aromatic heterocycles. The van der Waals surface area contributed by atoms with Crippen molar-refractivity contribution in [1.29, 1.82) is 0 Å². The molecule has 1 N–H and O–H groups in total. The van der Waals surface area contributed by atoms with Crippen molar-refractivity contribution in [2.45, 2.75) is 0 Å². The Morgan fingerprint density at radius 3 is 2.50 bits per heavy atom. The molecule has 3 aromatic rings. The number of aryl methyl sites for hydroxylation is 1. The molecule has 0 radical (unpaired) electrons. The number of nitrogens with zero attached hydrogens (tertiary/aromatic N) is 4. The van der Waals surface area contributed by atoms with E-state index >= 15 is 0 Å². The molecule has 0 aliphatic heterocycles. The number of nitro groups is 1. The largest absolute Gasteiger partial charge is 0.332 e. The van der Waals surface area contributed by atoms with Crippen LogP contribution < -0.4 is 16.6 Å². The summed E-state index contributed by atoms with van der Waals surface area (Å²) in [5, 5.41) is 13.4. The number of benzene rings is 1. The predicted molar refractivity (Wildman–Crippen MR) is 103 cm³/mol. The van der Waals surface area contributed by atoms with Crippen molar-refractivity contribution >= 4 is 34.4 Å². The van der Waals surface area contributed by atoms with Gasteiger partial charge in [-0.1, -0.05) is 0 Å². The van der Waals surface area contributed by atoms with Gasteiger partial charge in [-0.25, -0.2) is 9.78 Å². The lowest BCUT2D eigenvalue weighted by Gasteiger charge is -2.08. The molecule has 0 unspecified atom stereocenters. The highest BCUT2D eigenvalue weighted by Crippen LogP contribution is 2.14. The van der Waals surface area contributed by atoms with Crippen LogP contribution in [0.25, 0.3) is 17.1 Å². The highest BCUT2D eigenvalue weighted by molar-refractivity contribution is 6.02. The van der Waals surface area contributed by atoms with E-state index in [9.17, 15) is 24.5 Å². The van der Waals surface area contributed by atoms with Crippen LogP contribution in [0.1, 0.15) is 5.56 Å². The third kappa shape index (κ3) is 3.56. The van der Waals surface area contributed by atoms with Gasteiger partial charge in [0.05, 0.1) is 22.2 Å². The lowest BCUT2D eigenvalue weighted by Crippen LogP contribution is -2.37. The first-order valence-corrected chi connectivity index (χ1v) is 8.07. The minimum Gasteiger partial charge on any atom is -0.321 e. The van der Waals surface area contributed by atoms with E-state index in [1.54, 1.807) is 0 Å². The topological polar surface area (TPSA) is 129 Å². The Morgan fingerprint density at radius 2 is 1.86 bits per heavy atom. The van der Waals surface area contributed by atoms with Crippen molar-refractivity contribution in [3.8, 4) is 0 Å². The molecule has 0 saturated carbocycles. The van der Waals surface area contributed by atoms with Crippen LogP contribution in [-0.2, 0) is 18.9 Å². The molecule has 3 rings (SSSR count). The van der Waals surface area contributed by atoms with Crippen molar-refractivity contribution < 1.29 is 9.72 Å². The molecule has 0 spiro atoms. The van der Waals surface area contributed by atoms with Crippen LogP contribution in [0, 0.1) is 10.1 Å². The predicted octanol–water partition coefficient (Wildman–Crippen LogP) is 1.19. The number of hydrogen-bond donors (Lipinski definition) is 1. The number of nitro benzene ring substituents is 1. The summed E-state index contributed by atoms with van der Waals surface area (Å²) in [7, 11) is 2.87. The van der Waals surface area contributed by atoms with E-state index in [2.05, 4.69) is 10.3 Å². The summed E-state index contributed by atoms with van der Waals surface area (Å²) >= 11 is 0. The molecule has 0 atom stereocenters. The number of amides is 1. The lowest BCUT2D eigenvalue weighted by molar-refractivity contribution is -0.384. The summed E-state index contributed by atoms with van der Waals surface area (Å²) in [5.41, 5.74) is 0.0751. The van der Waals surface area contributed by atoms with Gasteiger partial charge >= 0.3 is 5.69 Å². The molecule has 10 heteroatoms. The molecule has 0 fully saturated rings. The molecule has 142 valence electrons. The molecule has 1 aromatic carbocycles. The van der Waals surface area contributed by atoms with Gasteiger partial charge in [-0.15, -0.1) is 0 Å². The Bertz CT molecular complexity index is 1240. The van der Waals surface area contributed by atoms with Crippen LogP contribution >= 0.6 is 0 Å². The number of carbonyl (C=O) groups excluding carboxylic acids is 1. The van der Waals surface area contributed by atoms with Crippen LogP contribution in [0.4, 0.5) is 11.4 Å². The van der Waals surface area contributed by atoms with Gasteiger partial charge in [0.25, 0.3) is 11.2 Å². The average molecular weight is 381 g/mol. The number of hydrogen-bond acceptors (Lipinski definition) is 6. The highest BCUT2D eigenvalue weighted by Gasteiger charge is 2.11. The molecule has 28 heavy (non-hydrogen) atoms. The first kappa shape index (κ1) is 18.7. The van der Waals surface area contributed by atoms with Crippen molar-refractivity contribution in [2.24, 2.45) is 14.1 Å². The summed E-state index contributed by atoms with van der Waals surface area (Å²) in [5.74, 6) is -0.471. The van der Waals surface area contributed by atoms with Gasteiger partial charge in [-0.2, -0.15) is 0 Å². The summed E-state index contributed by atoms with van der Waals surface area (Å²) in [6.07, 6.45) is 4.10. The van der Waals surface area contributed by atoms with Gasteiger partial charge in [0.2, 0.25) is 5.91 Å². The Hall–Kier alpha value is -4.08. The van der Waals surface area contributed by atoms with Gasteiger partial charge in [-0.3, -0.25) is 28.8 Å². The lowest BCUT2D eigenvalue weighted by atomic mass is 10.2. The maximum absolute atomic E-state index is 12.3. The first-order valence-electron chi connectivity index (χ1n) is 8.07. The molecule has 0 aliphatic rings. The fraction of sp³-hybridized carbons (Fsp3) is 0.111. The van der Waals surface area contributed by atoms with Crippen molar-refractivity contribution in [2.75, 3.05) is 5.32 Å². The van der Waals surface area contributed by atoms with Crippen LogP contribution in [0.5, 0.6) is 0 Å². The highest BCUT2D eigenvalue weighted by atomic mass is 16.6. The van der Waals surface area contributed by atoms with Gasteiger partial charge in [-0.05, 0) is 29.8 Å². The van der Waals surface area contributed by atoms with E-state index in [1.807, 2.05) is 0 Å². The second kappa shape index (κ2) is 7.27. The Labute approximate surface area is 157 Å². The molecule has 10 nitrogen and oxygen atoms in total. The fourth-order valence-electron chi connectivity index (χ4n) is 2.60. The maximum atomic E-state index is 12.3. The first-order chi connectivity index (χ1) is 13.3. The van der Waals surface area contributed by atoms with Crippen molar-refractivity contribution in [3.63, 3.8) is 0 Å². The summed E-state index contributed by atoms with van der Waals surface area (Å²) in [6, 6.07) is 7.16. The number of non-ortho nitro benzene ring substituents is 1. The molecule has 0 saturated heterocycles. The Balaban J connectivity index is 1.82. The van der Waals surface area contributed by atoms with E-state index in [0.29, 0.717) is 11.3 Å². The smallest absolute Gasteiger partial charge is 0.321 e. The van der Waals surface area contributed by atoms with E-state index in [-0.39, 0.29) is 16.7 Å². The van der Waals surface area contributed by atoms with Crippen molar-refractivity contribution in [1.82, 2.24) is 14.1 Å². The van der Waals surface area contributed by atoms with E-state index in [1.165, 1.54) is 67.3 Å². The molecular weight excluding hydrogens is 366 g/mol. The monoisotopic (exact) mass is 381 g/mol. The van der Waals surface area contributed by atoms with Crippen LogP contribution in [-0.4, -0.2) is 24.9 Å². The molecule has 0 bridgehead atoms. The molecule has 1 amide bonds. The Morgan fingerprint density at radius 1 is 1.18 bits per heavy atom. The third-order valence-electron chi connectivity index (χ3n) is 4.09. The van der Waals surface area contributed by atoms with Crippen LogP contribution in [0.15, 0.2) is 52.2 Å². The van der Waals surface area contributed by atoms with E-state index in [0.717, 1.165) is 4.57 Å².